The third-order valence-corrected chi connectivity index (χ3v) is 4.71. The van der Waals surface area contributed by atoms with Gasteiger partial charge in [0.15, 0.2) is 0 Å². The Balaban J connectivity index is 0.00000288. The molecule has 7 heteroatoms. The molecule has 134 valence electrons. The zero-order valence-corrected chi connectivity index (χ0v) is 16.3. The number of amides is 2. The van der Waals surface area contributed by atoms with Crippen molar-refractivity contribution >= 4 is 40.2 Å². The van der Waals surface area contributed by atoms with E-state index in [9.17, 15) is 9.59 Å². The van der Waals surface area contributed by atoms with Crippen LogP contribution in [0, 0.1) is 6.92 Å². The van der Waals surface area contributed by atoms with Gasteiger partial charge in [-0.2, -0.15) is 0 Å². The Morgan fingerprint density at radius 3 is 2.79 bits per heavy atom. The minimum Gasteiger partial charge on any atom is -0.354 e. The van der Waals surface area contributed by atoms with E-state index in [4.69, 9.17) is 5.73 Å². The van der Waals surface area contributed by atoms with Crippen molar-refractivity contribution in [2.24, 2.45) is 5.73 Å². The zero-order chi connectivity index (χ0) is 16.8. The molecule has 5 nitrogen and oxygen atoms in total. The van der Waals surface area contributed by atoms with Crippen LogP contribution in [0.1, 0.15) is 41.6 Å². The van der Waals surface area contributed by atoms with Gasteiger partial charge in [0.2, 0.25) is 5.91 Å². The maximum absolute atomic E-state index is 12.9. The number of nitrogens with one attached hydrogen (secondary N) is 1. The summed E-state index contributed by atoms with van der Waals surface area (Å²) in [5.41, 5.74) is 7.08. The lowest BCUT2D eigenvalue weighted by atomic mass is 9.99. The highest BCUT2D eigenvalue weighted by molar-refractivity contribution is 9.10. The number of benzene rings is 1. The third-order valence-electron chi connectivity index (χ3n) is 4.21. The maximum Gasteiger partial charge on any atom is 0.254 e. The summed E-state index contributed by atoms with van der Waals surface area (Å²) in [5.74, 6) is -0.00179. The molecular formula is C17H25BrClN3O2. The number of hydrogen-bond donors (Lipinski definition) is 2. The second-order valence-corrected chi connectivity index (χ2v) is 6.87. The van der Waals surface area contributed by atoms with Crippen LogP contribution in [0.25, 0.3) is 0 Å². The van der Waals surface area contributed by atoms with Crippen molar-refractivity contribution in [2.75, 3.05) is 19.6 Å². The fourth-order valence-electron chi connectivity index (χ4n) is 2.95. The van der Waals surface area contributed by atoms with E-state index in [0.717, 1.165) is 41.4 Å². The van der Waals surface area contributed by atoms with Gasteiger partial charge in [-0.15, -0.1) is 12.4 Å². The summed E-state index contributed by atoms with van der Waals surface area (Å²) in [6, 6.07) is 5.76. The van der Waals surface area contributed by atoms with Crippen molar-refractivity contribution in [3.63, 3.8) is 0 Å². The number of hydrogen-bond acceptors (Lipinski definition) is 3. The SMILES string of the molecule is Cc1cc(Br)ccc1C(=O)N1CCCCC1CNC(=O)CCN.Cl. The minimum absolute atomic E-state index is 0. The number of rotatable bonds is 5. The molecule has 0 spiro atoms. The molecule has 0 saturated carbocycles. The topological polar surface area (TPSA) is 75.4 Å². The molecule has 1 heterocycles. The molecule has 1 unspecified atom stereocenters. The van der Waals surface area contributed by atoms with E-state index in [1.54, 1.807) is 0 Å². The van der Waals surface area contributed by atoms with E-state index in [1.165, 1.54) is 0 Å². The fraction of sp³-hybridized carbons (Fsp3) is 0.529. The Hall–Kier alpha value is -1.11. The average molecular weight is 419 g/mol. The van der Waals surface area contributed by atoms with Crippen LogP contribution in [0.4, 0.5) is 0 Å². The molecule has 1 aliphatic heterocycles. The summed E-state index contributed by atoms with van der Waals surface area (Å²) in [4.78, 5) is 26.4. The lowest BCUT2D eigenvalue weighted by molar-refractivity contribution is -0.121. The predicted molar refractivity (Wildman–Crippen MR) is 101 cm³/mol. The molecule has 0 bridgehead atoms. The van der Waals surface area contributed by atoms with E-state index < -0.39 is 0 Å². The second-order valence-electron chi connectivity index (χ2n) is 5.95. The van der Waals surface area contributed by atoms with Gasteiger partial charge in [0.25, 0.3) is 5.91 Å². The van der Waals surface area contributed by atoms with Crippen molar-refractivity contribution in [1.29, 1.82) is 0 Å². The van der Waals surface area contributed by atoms with Gasteiger partial charge in [-0.25, -0.2) is 0 Å². The minimum atomic E-state index is -0.0507. The smallest absolute Gasteiger partial charge is 0.254 e. The van der Waals surface area contributed by atoms with E-state index in [0.29, 0.717) is 19.5 Å². The molecule has 2 rings (SSSR count). The first-order valence-corrected chi connectivity index (χ1v) is 8.86. The molecule has 0 aliphatic carbocycles. The molecule has 24 heavy (non-hydrogen) atoms. The summed E-state index contributed by atoms with van der Waals surface area (Å²) < 4.78 is 0.968. The van der Waals surface area contributed by atoms with E-state index in [2.05, 4.69) is 21.2 Å². The molecule has 0 aromatic heterocycles. The number of carbonyl (C=O) groups is 2. The highest BCUT2D eigenvalue weighted by Crippen LogP contribution is 2.22. The van der Waals surface area contributed by atoms with Crippen molar-refractivity contribution in [1.82, 2.24) is 10.2 Å². The lowest BCUT2D eigenvalue weighted by Gasteiger charge is -2.36. The molecule has 1 fully saturated rings. The van der Waals surface area contributed by atoms with Gasteiger partial charge in [0, 0.05) is 42.1 Å². The highest BCUT2D eigenvalue weighted by Gasteiger charge is 2.28. The van der Waals surface area contributed by atoms with Gasteiger partial charge in [0.1, 0.15) is 0 Å². The fourth-order valence-corrected chi connectivity index (χ4v) is 3.43. The maximum atomic E-state index is 12.9. The van der Waals surface area contributed by atoms with Crippen LogP contribution in [0.5, 0.6) is 0 Å². The van der Waals surface area contributed by atoms with Gasteiger partial charge >= 0.3 is 0 Å². The second kappa shape index (κ2) is 10.0. The average Bonchev–Trinajstić information content (AvgIpc) is 2.53. The number of piperidine rings is 1. The monoisotopic (exact) mass is 417 g/mol. The Kier molecular flexibility index (Phi) is 8.73. The first-order chi connectivity index (χ1) is 11.0. The van der Waals surface area contributed by atoms with Crippen LogP contribution in [0.2, 0.25) is 0 Å². The Labute approximate surface area is 157 Å². The predicted octanol–water partition coefficient (Wildman–Crippen LogP) is 2.64. The molecular weight excluding hydrogens is 394 g/mol. The molecule has 2 amide bonds. The first kappa shape index (κ1) is 20.9. The summed E-state index contributed by atoms with van der Waals surface area (Å²) in [6.45, 7) is 3.53. The van der Waals surface area contributed by atoms with Gasteiger partial charge in [0.05, 0.1) is 0 Å². The standard InChI is InChI=1S/C17H24BrN3O2.ClH/c1-12-10-13(18)5-6-15(12)17(23)21-9-3-2-4-14(21)11-20-16(22)7-8-19;/h5-6,10,14H,2-4,7-9,11,19H2,1H3,(H,20,22);1H. The van der Waals surface area contributed by atoms with Gasteiger partial charge in [-0.05, 0) is 49.9 Å². The molecule has 1 atom stereocenters. The summed E-state index contributed by atoms with van der Waals surface area (Å²) in [7, 11) is 0. The Morgan fingerprint density at radius 1 is 1.38 bits per heavy atom. The first-order valence-electron chi connectivity index (χ1n) is 8.07. The zero-order valence-electron chi connectivity index (χ0n) is 13.9. The highest BCUT2D eigenvalue weighted by atomic mass is 79.9. The molecule has 3 N–H and O–H groups in total. The van der Waals surface area contributed by atoms with Gasteiger partial charge in [-0.1, -0.05) is 15.9 Å². The van der Waals surface area contributed by atoms with Gasteiger partial charge < -0.3 is 16.0 Å². The number of carbonyl (C=O) groups excluding carboxylic acids is 2. The summed E-state index contributed by atoms with van der Waals surface area (Å²) in [5, 5.41) is 2.89. The number of halogens is 2. The molecule has 1 aliphatic rings. The van der Waals surface area contributed by atoms with Gasteiger partial charge in [-0.3, -0.25) is 9.59 Å². The molecule has 0 radical (unpaired) electrons. The normalized spacial score (nSPS) is 17.1. The summed E-state index contributed by atoms with van der Waals surface area (Å²) >= 11 is 3.43. The van der Waals surface area contributed by atoms with Crippen LogP contribution in [0.3, 0.4) is 0 Å². The Bertz CT molecular complexity index is 583. The van der Waals surface area contributed by atoms with Crippen molar-refractivity contribution in [2.45, 2.75) is 38.6 Å². The number of nitrogens with zero attached hydrogens (tertiary/aromatic N) is 1. The quantitative estimate of drug-likeness (QED) is 0.772. The van der Waals surface area contributed by atoms with Crippen LogP contribution in [-0.4, -0.2) is 42.4 Å². The van der Waals surface area contributed by atoms with Crippen LogP contribution < -0.4 is 11.1 Å². The van der Waals surface area contributed by atoms with Crippen molar-refractivity contribution < 1.29 is 9.59 Å². The third kappa shape index (κ3) is 5.46. The lowest BCUT2D eigenvalue weighted by Crippen LogP contribution is -2.49. The molecule has 1 aromatic carbocycles. The van der Waals surface area contributed by atoms with Crippen LogP contribution >= 0.6 is 28.3 Å². The number of likely N-dealkylation sites (tertiary alicyclic amines) is 1. The molecule has 1 aromatic rings. The van der Waals surface area contributed by atoms with Crippen molar-refractivity contribution in [3.8, 4) is 0 Å². The number of nitrogens with two attached hydrogens (primary N) is 1. The van der Waals surface area contributed by atoms with E-state index >= 15 is 0 Å². The van der Waals surface area contributed by atoms with Crippen LogP contribution in [0.15, 0.2) is 22.7 Å². The van der Waals surface area contributed by atoms with E-state index in [-0.39, 0.29) is 30.3 Å². The Morgan fingerprint density at radius 2 is 2.12 bits per heavy atom. The molecule has 1 saturated heterocycles. The largest absolute Gasteiger partial charge is 0.354 e. The van der Waals surface area contributed by atoms with E-state index in [1.807, 2.05) is 30.0 Å². The van der Waals surface area contributed by atoms with Crippen molar-refractivity contribution in [3.05, 3.63) is 33.8 Å². The summed E-state index contributed by atoms with van der Waals surface area (Å²) in [6.07, 6.45) is 3.34. The van der Waals surface area contributed by atoms with Crippen LogP contribution in [-0.2, 0) is 4.79 Å². The number of aryl methyl sites for hydroxylation is 1.